The summed E-state index contributed by atoms with van der Waals surface area (Å²) in [5.74, 6) is -2.05. The van der Waals surface area contributed by atoms with Crippen molar-refractivity contribution in [2.24, 2.45) is 5.92 Å². The van der Waals surface area contributed by atoms with Gasteiger partial charge in [0.25, 0.3) is 0 Å². The van der Waals surface area contributed by atoms with Crippen molar-refractivity contribution in [1.82, 2.24) is 5.32 Å². The van der Waals surface area contributed by atoms with Gasteiger partial charge in [0, 0.05) is 16.8 Å². The predicted octanol–water partition coefficient (Wildman–Crippen LogP) is 3.24. The Morgan fingerprint density at radius 3 is 2.62 bits per heavy atom. The molecule has 0 saturated heterocycles. The lowest BCUT2D eigenvalue weighted by Crippen LogP contribution is -2.46. The van der Waals surface area contributed by atoms with Crippen molar-refractivity contribution in [3.05, 3.63) is 29.0 Å². The van der Waals surface area contributed by atoms with Gasteiger partial charge < -0.3 is 15.7 Å². The molecule has 7 heteroatoms. The second-order valence-electron chi connectivity index (χ2n) is 5.09. The van der Waals surface area contributed by atoms with Gasteiger partial charge in [-0.3, -0.25) is 4.79 Å². The van der Waals surface area contributed by atoms with Gasteiger partial charge in [-0.2, -0.15) is 0 Å². The number of nitrogens with one attached hydrogen (secondary N) is 2. The van der Waals surface area contributed by atoms with Gasteiger partial charge in [0.1, 0.15) is 5.82 Å². The highest BCUT2D eigenvalue weighted by Gasteiger charge is 2.31. The molecular formula is C14H16ClFN2O3. The van der Waals surface area contributed by atoms with Crippen LogP contribution in [0.15, 0.2) is 18.2 Å². The maximum Gasteiger partial charge on any atom is 0.319 e. The van der Waals surface area contributed by atoms with E-state index in [-0.39, 0.29) is 10.7 Å². The summed E-state index contributed by atoms with van der Waals surface area (Å²) in [7, 11) is 0. The van der Waals surface area contributed by atoms with Gasteiger partial charge in [-0.05, 0) is 31.0 Å². The van der Waals surface area contributed by atoms with Crippen LogP contribution >= 0.6 is 11.6 Å². The Morgan fingerprint density at radius 2 is 1.95 bits per heavy atom. The summed E-state index contributed by atoms with van der Waals surface area (Å²) in [4.78, 5) is 23.0. The molecule has 1 aromatic rings. The second-order valence-corrected chi connectivity index (χ2v) is 5.53. The number of halogens is 2. The number of hydrogen-bond donors (Lipinski definition) is 3. The molecule has 2 unspecified atom stereocenters. The van der Waals surface area contributed by atoms with E-state index in [9.17, 15) is 14.0 Å². The first-order valence-electron chi connectivity index (χ1n) is 6.72. The number of benzene rings is 1. The predicted molar refractivity (Wildman–Crippen MR) is 76.9 cm³/mol. The first kappa shape index (κ1) is 15.6. The van der Waals surface area contributed by atoms with E-state index in [1.54, 1.807) is 0 Å². The third kappa shape index (κ3) is 4.32. The van der Waals surface area contributed by atoms with E-state index < -0.39 is 29.8 Å². The molecule has 5 nitrogen and oxygen atoms in total. The maximum atomic E-state index is 13.2. The quantitative estimate of drug-likeness (QED) is 0.801. The fourth-order valence-electron chi connectivity index (χ4n) is 2.56. The van der Waals surface area contributed by atoms with E-state index in [0.29, 0.717) is 12.8 Å². The van der Waals surface area contributed by atoms with Crippen molar-refractivity contribution in [2.75, 3.05) is 5.32 Å². The topological polar surface area (TPSA) is 78.4 Å². The molecule has 0 heterocycles. The Hall–Kier alpha value is -1.82. The molecule has 0 radical (unpaired) electrons. The van der Waals surface area contributed by atoms with Crippen LogP contribution in [0.2, 0.25) is 5.02 Å². The summed E-state index contributed by atoms with van der Waals surface area (Å²) < 4.78 is 13.2. The number of carbonyl (C=O) groups excluding carboxylic acids is 1. The molecule has 0 spiro atoms. The van der Waals surface area contributed by atoms with Crippen LogP contribution in [0.1, 0.15) is 25.7 Å². The van der Waals surface area contributed by atoms with Crippen LogP contribution in [0.4, 0.5) is 14.9 Å². The molecule has 2 amide bonds. The lowest BCUT2D eigenvalue weighted by atomic mass is 9.84. The molecule has 3 N–H and O–H groups in total. The van der Waals surface area contributed by atoms with Gasteiger partial charge >= 0.3 is 12.0 Å². The first-order valence-corrected chi connectivity index (χ1v) is 7.10. The molecule has 0 bridgehead atoms. The van der Waals surface area contributed by atoms with E-state index in [4.69, 9.17) is 16.7 Å². The van der Waals surface area contributed by atoms with Gasteiger partial charge in [0.15, 0.2) is 0 Å². The number of hydrogen-bond acceptors (Lipinski definition) is 2. The van der Waals surface area contributed by atoms with Gasteiger partial charge in [-0.1, -0.05) is 24.4 Å². The summed E-state index contributed by atoms with van der Waals surface area (Å²) in [6.45, 7) is 0. The smallest absolute Gasteiger partial charge is 0.319 e. The van der Waals surface area contributed by atoms with Crippen LogP contribution in [0.3, 0.4) is 0 Å². The van der Waals surface area contributed by atoms with Crippen molar-refractivity contribution >= 4 is 29.3 Å². The van der Waals surface area contributed by atoms with Gasteiger partial charge in [0.2, 0.25) is 0 Å². The molecule has 0 aromatic heterocycles. The molecule has 0 aliphatic heterocycles. The molecule has 114 valence electrons. The number of carbonyl (C=O) groups is 2. The summed E-state index contributed by atoms with van der Waals surface area (Å²) >= 11 is 5.70. The summed E-state index contributed by atoms with van der Waals surface area (Å²) in [6, 6.07) is 2.71. The minimum absolute atomic E-state index is 0.173. The van der Waals surface area contributed by atoms with Crippen LogP contribution < -0.4 is 10.6 Å². The van der Waals surface area contributed by atoms with Crippen LogP contribution in [-0.4, -0.2) is 23.1 Å². The number of rotatable bonds is 3. The Bertz CT molecular complexity index is 533. The molecule has 1 aliphatic carbocycles. The Balaban J connectivity index is 1.98. The van der Waals surface area contributed by atoms with Crippen molar-refractivity contribution in [3.8, 4) is 0 Å². The minimum atomic E-state index is -0.909. The van der Waals surface area contributed by atoms with Crippen molar-refractivity contribution < 1.29 is 19.1 Å². The van der Waals surface area contributed by atoms with E-state index in [2.05, 4.69) is 10.6 Å². The number of amides is 2. The molecule has 1 fully saturated rings. The highest BCUT2D eigenvalue weighted by atomic mass is 35.5. The van der Waals surface area contributed by atoms with Crippen molar-refractivity contribution in [1.29, 1.82) is 0 Å². The van der Waals surface area contributed by atoms with E-state index >= 15 is 0 Å². The molecule has 2 rings (SSSR count). The fourth-order valence-corrected chi connectivity index (χ4v) is 2.78. The average Bonchev–Trinajstić information content (AvgIpc) is 2.37. The molecule has 2 atom stereocenters. The molecule has 21 heavy (non-hydrogen) atoms. The largest absolute Gasteiger partial charge is 0.481 e. The van der Waals surface area contributed by atoms with Gasteiger partial charge in [-0.25, -0.2) is 9.18 Å². The number of aliphatic carboxylic acids is 1. The zero-order valence-corrected chi connectivity index (χ0v) is 12.0. The Morgan fingerprint density at radius 1 is 1.24 bits per heavy atom. The standard InChI is InChI=1S/C14H16ClFN2O3/c15-8-5-9(16)7-10(6-8)17-14(21)18-12-4-2-1-3-11(12)13(19)20/h5-7,11-12H,1-4H2,(H,19,20)(H2,17,18,21). The third-order valence-electron chi connectivity index (χ3n) is 3.52. The van der Waals surface area contributed by atoms with Crippen LogP contribution in [-0.2, 0) is 4.79 Å². The van der Waals surface area contributed by atoms with Crippen LogP contribution in [0, 0.1) is 11.7 Å². The number of carboxylic acid groups (broad SMARTS) is 1. The summed E-state index contributed by atoms with van der Waals surface area (Å²) in [6.07, 6.45) is 2.89. The molecular weight excluding hydrogens is 299 g/mol. The van der Waals surface area contributed by atoms with Crippen LogP contribution in [0.5, 0.6) is 0 Å². The fraction of sp³-hybridized carbons (Fsp3) is 0.429. The maximum absolute atomic E-state index is 13.2. The highest BCUT2D eigenvalue weighted by Crippen LogP contribution is 2.25. The van der Waals surface area contributed by atoms with Gasteiger partial charge in [-0.15, -0.1) is 0 Å². The Kier molecular flexibility index (Phi) is 5.01. The van der Waals surface area contributed by atoms with Crippen LogP contribution in [0.25, 0.3) is 0 Å². The zero-order chi connectivity index (χ0) is 15.4. The normalized spacial score (nSPS) is 21.6. The average molecular weight is 315 g/mol. The highest BCUT2D eigenvalue weighted by molar-refractivity contribution is 6.30. The number of carboxylic acids is 1. The van der Waals surface area contributed by atoms with E-state index in [1.807, 2.05) is 0 Å². The molecule has 1 aromatic carbocycles. The van der Waals surface area contributed by atoms with Crippen molar-refractivity contribution in [2.45, 2.75) is 31.7 Å². The summed E-state index contributed by atoms with van der Waals surface area (Å²) in [5.41, 5.74) is 0.222. The SMILES string of the molecule is O=C(Nc1cc(F)cc(Cl)c1)NC1CCCCC1C(=O)O. The monoisotopic (exact) mass is 314 g/mol. The lowest BCUT2D eigenvalue weighted by molar-refractivity contribution is -0.143. The van der Waals surface area contributed by atoms with Gasteiger partial charge in [0.05, 0.1) is 5.92 Å². The second kappa shape index (κ2) is 6.76. The van der Waals surface area contributed by atoms with E-state index in [0.717, 1.165) is 25.0 Å². The molecule has 1 saturated carbocycles. The Labute approximate surface area is 126 Å². The minimum Gasteiger partial charge on any atom is -0.481 e. The first-order chi connectivity index (χ1) is 9.95. The third-order valence-corrected chi connectivity index (χ3v) is 3.74. The lowest BCUT2D eigenvalue weighted by Gasteiger charge is -2.29. The number of anilines is 1. The zero-order valence-electron chi connectivity index (χ0n) is 11.2. The van der Waals surface area contributed by atoms with Crippen molar-refractivity contribution in [3.63, 3.8) is 0 Å². The number of urea groups is 1. The molecule has 1 aliphatic rings. The summed E-state index contributed by atoms with van der Waals surface area (Å²) in [5, 5.41) is 14.4. The van der Waals surface area contributed by atoms with E-state index in [1.165, 1.54) is 6.07 Å².